The molecule has 1 saturated heterocycles. The molecule has 2 rings (SSSR count). The Hall–Kier alpha value is -1.57. The quantitative estimate of drug-likeness (QED) is 0.654. The molecular weight excluding hydrogens is 322 g/mol. The highest BCUT2D eigenvalue weighted by Gasteiger charge is 2.33. The standard InChI is InChI=1S/C12H8ClNO4S2/c13-7-1-2-8(15)6(3-7)4-9-11(18)14(5-10(16)17)12(19)20-9/h1-4,15H,5H2,(H,16,17)/b9-4-. The van der Waals surface area contributed by atoms with E-state index >= 15 is 0 Å². The van der Waals surface area contributed by atoms with Gasteiger partial charge in [-0.15, -0.1) is 0 Å². The van der Waals surface area contributed by atoms with Crippen molar-refractivity contribution in [1.29, 1.82) is 0 Å². The number of aromatic hydroxyl groups is 1. The van der Waals surface area contributed by atoms with Gasteiger partial charge in [0.15, 0.2) is 0 Å². The summed E-state index contributed by atoms with van der Waals surface area (Å²) < 4.78 is 0.171. The van der Waals surface area contributed by atoms with Gasteiger partial charge in [-0.3, -0.25) is 14.5 Å². The van der Waals surface area contributed by atoms with Gasteiger partial charge >= 0.3 is 5.97 Å². The molecule has 1 aliphatic rings. The number of hydrogen-bond acceptors (Lipinski definition) is 5. The lowest BCUT2D eigenvalue weighted by Crippen LogP contribution is -2.33. The fraction of sp³-hybridized carbons (Fsp3) is 0.0833. The molecule has 104 valence electrons. The number of thioether (sulfide) groups is 1. The number of carbonyl (C=O) groups excluding carboxylic acids is 1. The first-order valence-electron chi connectivity index (χ1n) is 5.34. The van der Waals surface area contributed by atoms with Crippen LogP contribution in [0.1, 0.15) is 5.56 Å². The number of aliphatic carboxylic acids is 1. The van der Waals surface area contributed by atoms with Crippen LogP contribution in [0, 0.1) is 0 Å². The zero-order chi connectivity index (χ0) is 14.9. The van der Waals surface area contributed by atoms with E-state index in [1.54, 1.807) is 0 Å². The molecule has 5 nitrogen and oxygen atoms in total. The summed E-state index contributed by atoms with van der Waals surface area (Å²) in [6.45, 7) is -0.483. The molecular formula is C12H8ClNO4S2. The molecule has 8 heteroatoms. The number of carboxylic acids is 1. The van der Waals surface area contributed by atoms with Crippen LogP contribution in [0.15, 0.2) is 23.1 Å². The molecule has 1 amide bonds. The fourth-order valence-corrected chi connectivity index (χ4v) is 2.98. The van der Waals surface area contributed by atoms with Gasteiger partial charge in [0.05, 0.1) is 4.91 Å². The Kier molecular flexibility index (Phi) is 4.32. The number of carboxylic acid groups (broad SMARTS) is 1. The molecule has 0 radical (unpaired) electrons. The predicted octanol–water partition coefficient (Wildman–Crippen LogP) is 2.33. The van der Waals surface area contributed by atoms with Crippen molar-refractivity contribution in [3.63, 3.8) is 0 Å². The van der Waals surface area contributed by atoms with E-state index in [0.29, 0.717) is 10.6 Å². The van der Waals surface area contributed by atoms with E-state index < -0.39 is 18.4 Å². The molecule has 20 heavy (non-hydrogen) atoms. The molecule has 0 saturated carbocycles. The normalized spacial score (nSPS) is 17.1. The van der Waals surface area contributed by atoms with Crippen LogP contribution in [0.4, 0.5) is 0 Å². The molecule has 1 fully saturated rings. The Morgan fingerprint density at radius 3 is 2.85 bits per heavy atom. The first-order valence-corrected chi connectivity index (χ1v) is 6.94. The summed E-state index contributed by atoms with van der Waals surface area (Å²) in [5.41, 5.74) is 0.369. The molecule has 0 unspecified atom stereocenters. The van der Waals surface area contributed by atoms with Gasteiger partial charge in [0, 0.05) is 10.6 Å². The molecule has 0 bridgehead atoms. The van der Waals surface area contributed by atoms with Crippen LogP contribution in [0.3, 0.4) is 0 Å². The largest absolute Gasteiger partial charge is 0.507 e. The van der Waals surface area contributed by atoms with Crippen LogP contribution >= 0.6 is 35.6 Å². The Morgan fingerprint density at radius 1 is 1.50 bits per heavy atom. The maximum Gasteiger partial charge on any atom is 0.323 e. The number of phenols is 1. The van der Waals surface area contributed by atoms with Crippen LogP contribution in [0.25, 0.3) is 6.08 Å². The minimum atomic E-state index is -1.15. The Bertz CT molecular complexity index is 644. The third-order valence-electron chi connectivity index (χ3n) is 2.44. The third-order valence-corrected chi connectivity index (χ3v) is 4.06. The lowest BCUT2D eigenvalue weighted by Gasteiger charge is -2.10. The van der Waals surface area contributed by atoms with Gasteiger partial charge in [0.2, 0.25) is 0 Å². The number of benzene rings is 1. The average molecular weight is 330 g/mol. The number of thiocarbonyl (C=S) groups is 1. The zero-order valence-electron chi connectivity index (χ0n) is 9.87. The molecule has 0 atom stereocenters. The highest BCUT2D eigenvalue weighted by molar-refractivity contribution is 8.26. The van der Waals surface area contributed by atoms with Crippen molar-refractivity contribution in [1.82, 2.24) is 4.90 Å². The van der Waals surface area contributed by atoms with Crippen LogP contribution < -0.4 is 0 Å². The predicted molar refractivity (Wildman–Crippen MR) is 80.6 cm³/mol. The zero-order valence-corrected chi connectivity index (χ0v) is 12.3. The summed E-state index contributed by atoms with van der Waals surface area (Å²) in [5.74, 6) is -1.67. The Balaban J connectivity index is 2.32. The number of nitrogens with zero attached hydrogens (tertiary/aromatic N) is 1. The first kappa shape index (κ1) is 14.8. The summed E-state index contributed by atoms with van der Waals surface area (Å²) in [5, 5.41) is 18.8. The Labute approximate surface area is 128 Å². The highest BCUT2D eigenvalue weighted by Crippen LogP contribution is 2.34. The van der Waals surface area contributed by atoms with Gasteiger partial charge in [-0.05, 0) is 24.3 Å². The van der Waals surface area contributed by atoms with E-state index in [2.05, 4.69) is 0 Å². The smallest absolute Gasteiger partial charge is 0.323 e. The van der Waals surface area contributed by atoms with E-state index in [4.69, 9.17) is 28.9 Å². The maximum absolute atomic E-state index is 12.0. The van der Waals surface area contributed by atoms with Gasteiger partial charge in [0.25, 0.3) is 5.91 Å². The lowest BCUT2D eigenvalue weighted by atomic mass is 10.2. The van der Waals surface area contributed by atoms with E-state index in [0.717, 1.165) is 16.7 Å². The molecule has 2 N–H and O–H groups in total. The Morgan fingerprint density at radius 2 is 2.20 bits per heavy atom. The van der Waals surface area contributed by atoms with Crippen molar-refractivity contribution in [2.75, 3.05) is 6.54 Å². The molecule has 1 aromatic rings. The van der Waals surface area contributed by atoms with Gasteiger partial charge < -0.3 is 10.2 Å². The second-order valence-corrected chi connectivity index (χ2v) is 5.98. The summed E-state index contributed by atoms with van der Waals surface area (Å²) in [7, 11) is 0. The monoisotopic (exact) mass is 329 g/mol. The van der Waals surface area contributed by atoms with Gasteiger partial charge in [-0.25, -0.2) is 0 Å². The number of rotatable bonds is 3. The lowest BCUT2D eigenvalue weighted by molar-refractivity contribution is -0.140. The number of hydrogen-bond donors (Lipinski definition) is 2. The van der Waals surface area contributed by atoms with E-state index in [1.807, 2.05) is 0 Å². The van der Waals surface area contributed by atoms with Crippen LogP contribution in [-0.2, 0) is 9.59 Å². The molecule has 0 aromatic heterocycles. The second-order valence-electron chi connectivity index (χ2n) is 3.86. The summed E-state index contributed by atoms with van der Waals surface area (Å²) >= 11 is 11.8. The second kappa shape index (κ2) is 5.82. The third kappa shape index (κ3) is 3.12. The SMILES string of the molecule is O=C(O)CN1C(=O)/C(=C/c2cc(Cl)ccc2O)SC1=S. The summed E-state index contributed by atoms with van der Waals surface area (Å²) in [6.07, 6.45) is 1.43. The van der Waals surface area contributed by atoms with Crippen molar-refractivity contribution in [2.24, 2.45) is 0 Å². The minimum absolute atomic E-state index is 0.0297. The van der Waals surface area contributed by atoms with E-state index in [-0.39, 0.29) is 15.0 Å². The van der Waals surface area contributed by atoms with Crippen LogP contribution in [0.2, 0.25) is 5.02 Å². The van der Waals surface area contributed by atoms with Gasteiger partial charge in [-0.2, -0.15) is 0 Å². The van der Waals surface area contributed by atoms with E-state index in [1.165, 1.54) is 24.3 Å². The van der Waals surface area contributed by atoms with Gasteiger partial charge in [-0.1, -0.05) is 35.6 Å². The average Bonchev–Trinajstić information content (AvgIpc) is 2.61. The number of halogens is 1. The number of carbonyl (C=O) groups is 2. The van der Waals surface area contributed by atoms with Crippen molar-refractivity contribution in [3.05, 3.63) is 33.7 Å². The summed E-state index contributed by atoms with van der Waals surface area (Å²) in [6, 6.07) is 4.43. The molecule has 0 aliphatic carbocycles. The molecule has 1 aliphatic heterocycles. The molecule has 1 heterocycles. The highest BCUT2D eigenvalue weighted by atomic mass is 35.5. The first-order chi connectivity index (χ1) is 9.38. The van der Waals surface area contributed by atoms with Gasteiger partial charge in [0.1, 0.15) is 16.6 Å². The maximum atomic E-state index is 12.0. The molecule has 0 spiro atoms. The number of amides is 1. The van der Waals surface area contributed by atoms with Crippen LogP contribution in [0.5, 0.6) is 5.75 Å². The van der Waals surface area contributed by atoms with Crippen molar-refractivity contribution in [3.8, 4) is 5.75 Å². The summed E-state index contributed by atoms with van der Waals surface area (Å²) in [4.78, 5) is 23.9. The molecule has 1 aromatic carbocycles. The van der Waals surface area contributed by atoms with Crippen molar-refractivity contribution >= 4 is 57.9 Å². The van der Waals surface area contributed by atoms with Crippen LogP contribution in [-0.4, -0.2) is 37.9 Å². The topological polar surface area (TPSA) is 77.8 Å². The number of phenolic OH excluding ortho intramolecular Hbond substituents is 1. The fourth-order valence-electron chi connectivity index (χ4n) is 1.55. The minimum Gasteiger partial charge on any atom is -0.507 e. The van der Waals surface area contributed by atoms with E-state index in [9.17, 15) is 14.7 Å². The van der Waals surface area contributed by atoms with Crippen molar-refractivity contribution < 1.29 is 19.8 Å². The van der Waals surface area contributed by atoms with Crippen molar-refractivity contribution in [2.45, 2.75) is 0 Å².